The highest BCUT2D eigenvalue weighted by molar-refractivity contribution is 7.92. The Bertz CT molecular complexity index is 719. The third kappa shape index (κ3) is 3.27. The molecule has 2 aromatic rings. The van der Waals surface area contributed by atoms with Crippen LogP contribution >= 0.6 is 0 Å². The molecule has 0 radical (unpaired) electrons. The topological polar surface area (TPSA) is 75.2 Å². The first kappa shape index (κ1) is 15.2. The largest absolute Gasteiger partial charge is 0.355 e. The van der Waals surface area contributed by atoms with Crippen molar-refractivity contribution in [3.8, 4) is 0 Å². The number of rotatable bonds is 5. The minimum atomic E-state index is -3.83. The molecule has 0 spiro atoms. The Balaban J connectivity index is 2.32. The number of nitrogens with zero attached hydrogens (tertiary/aromatic N) is 3. The van der Waals surface area contributed by atoms with Crippen molar-refractivity contribution in [3.63, 3.8) is 0 Å². The predicted molar refractivity (Wildman–Crippen MR) is 78.2 cm³/mol. The van der Waals surface area contributed by atoms with Crippen LogP contribution in [0.1, 0.15) is 6.92 Å². The summed E-state index contributed by atoms with van der Waals surface area (Å²) >= 11 is 0. The highest BCUT2D eigenvalue weighted by atomic mass is 32.2. The molecule has 0 unspecified atom stereocenters. The third-order valence-electron chi connectivity index (χ3n) is 2.79. The van der Waals surface area contributed by atoms with E-state index in [1.807, 2.05) is 6.92 Å². The Morgan fingerprint density at radius 2 is 1.95 bits per heavy atom. The zero-order chi connectivity index (χ0) is 15.5. The Hall–Kier alpha value is -2.22. The number of benzene rings is 1. The molecule has 6 nitrogen and oxygen atoms in total. The van der Waals surface area contributed by atoms with Gasteiger partial charge in [-0.05, 0) is 25.1 Å². The van der Waals surface area contributed by atoms with Gasteiger partial charge in [-0.2, -0.15) is 0 Å². The van der Waals surface area contributed by atoms with E-state index in [0.29, 0.717) is 12.5 Å². The lowest BCUT2D eigenvalue weighted by Crippen LogP contribution is -2.27. The average molecular weight is 310 g/mol. The second-order valence-corrected chi connectivity index (χ2v) is 6.19. The van der Waals surface area contributed by atoms with E-state index >= 15 is 0 Å². The van der Waals surface area contributed by atoms with Crippen LogP contribution < -0.4 is 9.62 Å². The SMILES string of the molecule is CCNc1ncc(S(=O)(=O)N(C)c2cccc(F)c2)cn1. The molecule has 0 aliphatic carbocycles. The van der Waals surface area contributed by atoms with Crippen molar-refractivity contribution in [2.24, 2.45) is 0 Å². The van der Waals surface area contributed by atoms with E-state index in [1.165, 1.54) is 37.6 Å². The second-order valence-electron chi connectivity index (χ2n) is 4.23. The Morgan fingerprint density at radius 1 is 1.29 bits per heavy atom. The van der Waals surface area contributed by atoms with Gasteiger partial charge in [-0.25, -0.2) is 22.8 Å². The number of nitrogens with one attached hydrogen (secondary N) is 1. The van der Waals surface area contributed by atoms with Gasteiger partial charge in [0.2, 0.25) is 5.95 Å². The summed E-state index contributed by atoms with van der Waals surface area (Å²) in [5.41, 5.74) is 0.228. The van der Waals surface area contributed by atoms with Crippen molar-refractivity contribution < 1.29 is 12.8 Å². The van der Waals surface area contributed by atoms with Crippen molar-refractivity contribution >= 4 is 21.7 Å². The second kappa shape index (κ2) is 6.04. The standard InChI is InChI=1S/C13H15FN4O2S/c1-3-15-13-16-8-12(9-17-13)21(19,20)18(2)11-6-4-5-10(14)7-11/h4-9H,3H2,1-2H3,(H,15,16,17). The third-order valence-corrected chi connectivity index (χ3v) is 4.53. The van der Waals surface area contributed by atoms with Crippen LogP contribution in [0, 0.1) is 5.82 Å². The lowest BCUT2D eigenvalue weighted by molar-refractivity contribution is 0.593. The highest BCUT2D eigenvalue weighted by Crippen LogP contribution is 2.21. The molecule has 8 heteroatoms. The van der Waals surface area contributed by atoms with Gasteiger partial charge < -0.3 is 5.32 Å². The van der Waals surface area contributed by atoms with E-state index in [-0.39, 0.29) is 10.6 Å². The molecule has 1 aromatic heterocycles. The van der Waals surface area contributed by atoms with Crippen LogP contribution in [-0.4, -0.2) is 32.0 Å². The summed E-state index contributed by atoms with van der Waals surface area (Å²) in [6, 6.07) is 5.35. The molecule has 0 saturated carbocycles. The van der Waals surface area contributed by atoms with Gasteiger partial charge in [0, 0.05) is 13.6 Å². The number of hydrogen-bond acceptors (Lipinski definition) is 5. The molecular formula is C13H15FN4O2S. The van der Waals surface area contributed by atoms with Gasteiger partial charge in [0.25, 0.3) is 10.0 Å². The maximum atomic E-state index is 13.2. The van der Waals surface area contributed by atoms with Crippen LogP contribution in [-0.2, 0) is 10.0 Å². The van der Waals surface area contributed by atoms with E-state index in [0.717, 1.165) is 10.4 Å². The van der Waals surface area contributed by atoms with Gasteiger partial charge in [-0.15, -0.1) is 0 Å². The van der Waals surface area contributed by atoms with Crippen molar-refractivity contribution in [2.45, 2.75) is 11.8 Å². The molecule has 112 valence electrons. The minimum absolute atomic E-state index is 0.0593. The zero-order valence-corrected chi connectivity index (χ0v) is 12.4. The summed E-state index contributed by atoms with van der Waals surface area (Å²) in [5.74, 6) is -0.154. The van der Waals surface area contributed by atoms with Crippen LogP contribution in [0.25, 0.3) is 0 Å². The highest BCUT2D eigenvalue weighted by Gasteiger charge is 2.22. The van der Waals surface area contributed by atoms with E-state index in [4.69, 9.17) is 0 Å². The first-order valence-electron chi connectivity index (χ1n) is 6.25. The maximum absolute atomic E-state index is 13.2. The summed E-state index contributed by atoms with van der Waals surface area (Å²) in [4.78, 5) is 7.79. The summed E-state index contributed by atoms with van der Waals surface area (Å²) in [6.45, 7) is 2.51. The van der Waals surface area contributed by atoms with E-state index in [2.05, 4.69) is 15.3 Å². The lowest BCUT2D eigenvalue weighted by atomic mass is 10.3. The van der Waals surface area contributed by atoms with Gasteiger partial charge >= 0.3 is 0 Å². The Morgan fingerprint density at radius 3 is 2.52 bits per heavy atom. The molecule has 0 aliphatic heterocycles. The van der Waals surface area contributed by atoms with Crippen molar-refractivity contribution in [1.82, 2.24) is 9.97 Å². The molecule has 0 aliphatic rings. The van der Waals surface area contributed by atoms with Crippen LogP contribution in [0.2, 0.25) is 0 Å². The van der Waals surface area contributed by atoms with Gasteiger partial charge in [0.05, 0.1) is 18.1 Å². The molecule has 0 saturated heterocycles. The van der Waals surface area contributed by atoms with Gasteiger partial charge in [-0.1, -0.05) is 6.07 Å². The lowest BCUT2D eigenvalue weighted by Gasteiger charge is -2.19. The quantitative estimate of drug-likeness (QED) is 0.912. The Labute approximate surface area is 122 Å². The molecule has 0 fully saturated rings. The minimum Gasteiger partial charge on any atom is -0.355 e. The van der Waals surface area contributed by atoms with E-state index in [1.54, 1.807) is 0 Å². The molecule has 0 atom stereocenters. The molecule has 2 rings (SSSR count). The monoisotopic (exact) mass is 310 g/mol. The number of anilines is 2. The number of aromatic nitrogens is 2. The fourth-order valence-electron chi connectivity index (χ4n) is 1.67. The Kier molecular flexibility index (Phi) is 4.37. The summed E-state index contributed by atoms with van der Waals surface area (Å²) in [5, 5.41) is 2.87. The summed E-state index contributed by atoms with van der Waals surface area (Å²) < 4.78 is 39.0. The molecule has 1 heterocycles. The molecule has 21 heavy (non-hydrogen) atoms. The van der Waals surface area contributed by atoms with Gasteiger partial charge in [0.15, 0.2) is 0 Å². The van der Waals surface area contributed by atoms with Crippen molar-refractivity contribution in [3.05, 3.63) is 42.5 Å². The van der Waals surface area contributed by atoms with Crippen LogP contribution in [0.15, 0.2) is 41.6 Å². The van der Waals surface area contributed by atoms with Gasteiger partial charge in [0.1, 0.15) is 10.7 Å². The molecule has 1 aromatic carbocycles. The van der Waals surface area contributed by atoms with Crippen molar-refractivity contribution in [2.75, 3.05) is 23.2 Å². The smallest absolute Gasteiger partial charge is 0.267 e. The van der Waals surface area contributed by atoms with Crippen LogP contribution in [0.5, 0.6) is 0 Å². The first-order chi connectivity index (χ1) is 9.95. The molecule has 1 N–H and O–H groups in total. The summed E-state index contributed by atoms with van der Waals surface area (Å²) in [7, 11) is -2.48. The molecule has 0 amide bonds. The average Bonchev–Trinajstić information content (AvgIpc) is 2.47. The van der Waals surface area contributed by atoms with Crippen molar-refractivity contribution in [1.29, 1.82) is 0 Å². The van der Waals surface area contributed by atoms with Crippen LogP contribution in [0.3, 0.4) is 0 Å². The van der Waals surface area contributed by atoms with Gasteiger partial charge in [-0.3, -0.25) is 4.31 Å². The zero-order valence-electron chi connectivity index (χ0n) is 11.6. The molecule has 0 bridgehead atoms. The normalized spacial score (nSPS) is 11.2. The van der Waals surface area contributed by atoms with E-state index < -0.39 is 15.8 Å². The maximum Gasteiger partial charge on any atom is 0.267 e. The fourth-order valence-corrected chi connectivity index (χ4v) is 2.75. The first-order valence-corrected chi connectivity index (χ1v) is 7.69. The van der Waals surface area contributed by atoms with E-state index in [9.17, 15) is 12.8 Å². The van der Waals surface area contributed by atoms with Crippen LogP contribution in [0.4, 0.5) is 16.0 Å². The fraction of sp³-hybridized carbons (Fsp3) is 0.231. The number of sulfonamides is 1. The molecular weight excluding hydrogens is 295 g/mol. The predicted octanol–water partition coefficient (Wildman–Crippen LogP) is 1.87. The number of halogens is 1. The number of hydrogen-bond donors (Lipinski definition) is 1. The summed E-state index contributed by atoms with van der Waals surface area (Å²) in [6.07, 6.45) is 2.44.